The number of benzene rings is 2. The molecule has 0 aliphatic carbocycles. The molecule has 3 N–H and O–H groups in total. The Bertz CT molecular complexity index is 652. The van der Waals surface area contributed by atoms with Crippen molar-refractivity contribution in [1.29, 1.82) is 0 Å². The van der Waals surface area contributed by atoms with Crippen molar-refractivity contribution in [3.63, 3.8) is 0 Å². The van der Waals surface area contributed by atoms with Crippen LogP contribution in [-0.4, -0.2) is 28.8 Å². The SMILES string of the molecule is CC(O)C(C)(CNCc1ccc(C(=O)O)cc1)Cc1ccccc1. The molecule has 0 aliphatic rings. The fourth-order valence-corrected chi connectivity index (χ4v) is 2.68. The minimum atomic E-state index is -0.918. The van der Waals surface area contributed by atoms with E-state index < -0.39 is 12.1 Å². The lowest BCUT2D eigenvalue weighted by Crippen LogP contribution is -2.41. The highest BCUT2D eigenvalue weighted by Gasteiger charge is 2.29. The van der Waals surface area contributed by atoms with Crippen LogP contribution in [0.15, 0.2) is 54.6 Å². The molecule has 2 unspecified atom stereocenters. The number of aliphatic hydroxyl groups is 1. The maximum absolute atomic E-state index is 10.9. The third-order valence-electron chi connectivity index (χ3n) is 4.52. The fraction of sp³-hybridized carbons (Fsp3) is 0.350. The number of aromatic carboxylic acids is 1. The van der Waals surface area contributed by atoms with Crippen LogP contribution in [0.25, 0.3) is 0 Å². The largest absolute Gasteiger partial charge is 0.478 e. The highest BCUT2D eigenvalue weighted by Crippen LogP contribution is 2.26. The minimum absolute atomic E-state index is 0.275. The lowest BCUT2D eigenvalue weighted by molar-refractivity contribution is 0.0519. The van der Waals surface area contributed by atoms with Gasteiger partial charge in [-0.3, -0.25) is 0 Å². The summed E-state index contributed by atoms with van der Waals surface area (Å²) in [6.07, 6.45) is 0.343. The van der Waals surface area contributed by atoms with Crippen molar-refractivity contribution < 1.29 is 15.0 Å². The van der Waals surface area contributed by atoms with Gasteiger partial charge in [-0.1, -0.05) is 49.4 Å². The Labute approximate surface area is 143 Å². The number of carboxylic acids is 1. The molecule has 0 aromatic heterocycles. The van der Waals surface area contributed by atoms with E-state index in [0.29, 0.717) is 13.1 Å². The van der Waals surface area contributed by atoms with Crippen LogP contribution in [0.4, 0.5) is 0 Å². The summed E-state index contributed by atoms with van der Waals surface area (Å²) in [6.45, 7) is 5.20. The molecular formula is C20H25NO3. The van der Waals surface area contributed by atoms with Gasteiger partial charge in [0.15, 0.2) is 0 Å². The monoisotopic (exact) mass is 327 g/mol. The maximum atomic E-state index is 10.9. The molecule has 0 spiro atoms. The van der Waals surface area contributed by atoms with Crippen LogP contribution in [0.3, 0.4) is 0 Å². The van der Waals surface area contributed by atoms with E-state index in [0.717, 1.165) is 12.0 Å². The molecule has 2 aromatic carbocycles. The number of carboxylic acid groups (broad SMARTS) is 1. The summed E-state index contributed by atoms with van der Waals surface area (Å²) in [7, 11) is 0. The van der Waals surface area contributed by atoms with E-state index in [1.807, 2.05) is 37.3 Å². The molecule has 0 bridgehead atoms. The number of aliphatic hydroxyl groups excluding tert-OH is 1. The maximum Gasteiger partial charge on any atom is 0.335 e. The van der Waals surface area contributed by atoms with E-state index in [9.17, 15) is 9.90 Å². The van der Waals surface area contributed by atoms with E-state index in [-0.39, 0.29) is 11.0 Å². The van der Waals surface area contributed by atoms with Gasteiger partial charge in [0.2, 0.25) is 0 Å². The molecular weight excluding hydrogens is 302 g/mol. The first-order valence-corrected chi connectivity index (χ1v) is 8.16. The predicted molar refractivity (Wildman–Crippen MR) is 95.0 cm³/mol. The van der Waals surface area contributed by atoms with E-state index in [4.69, 9.17) is 5.11 Å². The zero-order valence-electron chi connectivity index (χ0n) is 14.2. The third-order valence-corrected chi connectivity index (χ3v) is 4.52. The standard InChI is InChI=1S/C20H25NO3/c1-15(22)20(2,12-16-6-4-3-5-7-16)14-21-13-17-8-10-18(11-9-17)19(23)24/h3-11,15,21-22H,12-14H2,1-2H3,(H,23,24). The molecule has 4 heteroatoms. The van der Waals surface area contributed by atoms with Gasteiger partial charge < -0.3 is 15.5 Å². The van der Waals surface area contributed by atoms with Gasteiger partial charge in [-0.05, 0) is 36.6 Å². The number of hydrogen-bond acceptors (Lipinski definition) is 3. The van der Waals surface area contributed by atoms with E-state index in [1.165, 1.54) is 5.56 Å². The quantitative estimate of drug-likeness (QED) is 0.697. The van der Waals surface area contributed by atoms with Gasteiger partial charge in [0, 0.05) is 18.5 Å². The summed E-state index contributed by atoms with van der Waals surface area (Å²) in [5, 5.41) is 22.5. The number of nitrogens with one attached hydrogen (secondary N) is 1. The van der Waals surface area contributed by atoms with Crippen LogP contribution in [-0.2, 0) is 13.0 Å². The van der Waals surface area contributed by atoms with E-state index >= 15 is 0 Å². The molecule has 0 amide bonds. The molecule has 0 fully saturated rings. The topological polar surface area (TPSA) is 69.6 Å². The van der Waals surface area contributed by atoms with Crippen molar-refractivity contribution in [2.45, 2.75) is 32.9 Å². The first-order chi connectivity index (χ1) is 11.4. The lowest BCUT2D eigenvalue weighted by atomic mass is 9.79. The Hall–Kier alpha value is -2.17. The molecule has 0 saturated heterocycles. The molecule has 0 aliphatic heterocycles. The summed E-state index contributed by atoms with van der Waals surface area (Å²) in [5.41, 5.74) is 2.24. The summed E-state index contributed by atoms with van der Waals surface area (Å²) in [6, 6.07) is 17.0. The van der Waals surface area contributed by atoms with Crippen molar-refractivity contribution in [2.24, 2.45) is 5.41 Å². The highest BCUT2D eigenvalue weighted by molar-refractivity contribution is 5.87. The Morgan fingerprint density at radius 3 is 2.25 bits per heavy atom. The van der Waals surface area contributed by atoms with Crippen LogP contribution in [0.2, 0.25) is 0 Å². The van der Waals surface area contributed by atoms with Gasteiger partial charge in [-0.15, -0.1) is 0 Å². The van der Waals surface area contributed by atoms with Crippen LogP contribution in [0, 0.1) is 5.41 Å². The highest BCUT2D eigenvalue weighted by atomic mass is 16.4. The smallest absolute Gasteiger partial charge is 0.335 e. The molecule has 24 heavy (non-hydrogen) atoms. The Kier molecular flexibility index (Phi) is 6.12. The Morgan fingerprint density at radius 1 is 1.08 bits per heavy atom. The molecule has 0 saturated carbocycles. The van der Waals surface area contributed by atoms with Gasteiger partial charge in [-0.25, -0.2) is 4.79 Å². The minimum Gasteiger partial charge on any atom is -0.478 e. The van der Waals surface area contributed by atoms with Gasteiger partial charge in [0.05, 0.1) is 11.7 Å². The Morgan fingerprint density at radius 2 is 1.71 bits per heavy atom. The zero-order valence-corrected chi connectivity index (χ0v) is 14.2. The summed E-state index contributed by atoms with van der Waals surface area (Å²) in [4.78, 5) is 10.9. The van der Waals surface area contributed by atoms with Crippen LogP contribution in [0.5, 0.6) is 0 Å². The summed E-state index contributed by atoms with van der Waals surface area (Å²) < 4.78 is 0. The first-order valence-electron chi connectivity index (χ1n) is 8.16. The first kappa shape index (κ1) is 18.2. The molecule has 2 aromatic rings. The predicted octanol–water partition coefficient (Wildman–Crippen LogP) is 3.10. The average molecular weight is 327 g/mol. The summed E-state index contributed by atoms with van der Waals surface area (Å²) in [5.74, 6) is -0.918. The summed E-state index contributed by atoms with van der Waals surface area (Å²) >= 11 is 0. The molecule has 4 nitrogen and oxygen atoms in total. The fourth-order valence-electron chi connectivity index (χ4n) is 2.68. The molecule has 128 valence electrons. The van der Waals surface area contributed by atoms with Crippen molar-refractivity contribution >= 4 is 5.97 Å². The second kappa shape index (κ2) is 8.08. The van der Waals surface area contributed by atoms with Gasteiger partial charge in [-0.2, -0.15) is 0 Å². The number of rotatable bonds is 8. The van der Waals surface area contributed by atoms with E-state index in [1.54, 1.807) is 12.1 Å². The average Bonchev–Trinajstić information content (AvgIpc) is 2.56. The molecule has 2 rings (SSSR count). The van der Waals surface area contributed by atoms with Crippen LogP contribution in [0.1, 0.15) is 35.3 Å². The van der Waals surface area contributed by atoms with E-state index in [2.05, 4.69) is 24.4 Å². The van der Waals surface area contributed by atoms with Crippen molar-refractivity contribution in [3.8, 4) is 0 Å². The van der Waals surface area contributed by atoms with Crippen molar-refractivity contribution in [2.75, 3.05) is 6.54 Å². The lowest BCUT2D eigenvalue weighted by Gasteiger charge is -2.33. The molecule has 0 radical (unpaired) electrons. The normalized spacial score (nSPS) is 14.8. The van der Waals surface area contributed by atoms with Gasteiger partial charge >= 0.3 is 5.97 Å². The van der Waals surface area contributed by atoms with Crippen LogP contribution >= 0.6 is 0 Å². The van der Waals surface area contributed by atoms with Gasteiger partial charge in [0.25, 0.3) is 0 Å². The van der Waals surface area contributed by atoms with Crippen molar-refractivity contribution in [1.82, 2.24) is 5.32 Å². The third kappa shape index (κ3) is 4.91. The Balaban J connectivity index is 1.94. The number of carbonyl (C=O) groups is 1. The van der Waals surface area contributed by atoms with Crippen LogP contribution < -0.4 is 5.32 Å². The van der Waals surface area contributed by atoms with Gasteiger partial charge in [0.1, 0.15) is 0 Å². The molecule has 0 heterocycles. The second-order valence-electron chi connectivity index (χ2n) is 6.60. The van der Waals surface area contributed by atoms with Crippen molar-refractivity contribution in [3.05, 3.63) is 71.3 Å². The molecule has 2 atom stereocenters. The number of hydrogen-bond donors (Lipinski definition) is 3. The zero-order chi connectivity index (χ0) is 17.6. The second-order valence-corrected chi connectivity index (χ2v) is 6.60.